The standard InChI is InChI=1S/C14H14O5S/c1-10-2-8-13(9-3-10)20(17,18)19-12-6-4-11(5-7-12)14(15)16/h2-9,14-16H,1H3. The number of hydrogen-bond acceptors (Lipinski definition) is 5. The Labute approximate surface area is 117 Å². The molecule has 0 saturated heterocycles. The van der Waals surface area contributed by atoms with Crippen LogP contribution in [-0.4, -0.2) is 18.6 Å². The first-order valence-electron chi connectivity index (χ1n) is 5.86. The highest BCUT2D eigenvalue weighted by molar-refractivity contribution is 7.87. The Morgan fingerprint density at radius 3 is 2.00 bits per heavy atom. The Morgan fingerprint density at radius 2 is 1.50 bits per heavy atom. The molecule has 0 aliphatic rings. The first-order chi connectivity index (χ1) is 9.38. The summed E-state index contributed by atoms with van der Waals surface area (Å²) in [5, 5.41) is 17.9. The molecule has 0 heterocycles. The van der Waals surface area contributed by atoms with Crippen LogP contribution in [0.25, 0.3) is 0 Å². The van der Waals surface area contributed by atoms with Gasteiger partial charge in [0.15, 0.2) is 6.29 Å². The number of aliphatic hydroxyl groups excluding tert-OH is 1. The topological polar surface area (TPSA) is 83.8 Å². The van der Waals surface area contributed by atoms with Crippen molar-refractivity contribution in [3.8, 4) is 5.75 Å². The minimum Gasteiger partial charge on any atom is -0.379 e. The van der Waals surface area contributed by atoms with E-state index in [4.69, 9.17) is 14.4 Å². The molecule has 0 radical (unpaired) electrons. The average Bonchev–Trinajstić information content (AvgIpc) is 2.39. The van der Waals surface area contributed by atoms with Crippen LogP contribution >= 0.6 is 0 Å². The van der Waals surface area contributed by atoms with Crippen molar-refractivity contribution in [3.63, 3.8) is 0 Å². The molecule has 0 saturated carbocycles. The van der Waals surface area contributed by atoms with Crippen LogP contribution in [0.4, 0.5) is 0 Å². The molecule has 6 heteroatoms. The highest BCUT2D eigenvalue weighted by Crippen LogP contribution is 2.21. The third-order valence-corrected chi connectivity index (χ3v) is 3.96. The number of aryl methyl sites for hydroxylation is 1. The van der Waals surface area contributed by atoms with Crippen LogP contribution < -0.4 is 4.18 Å². The van der Waals surface area contributed by atoms with Gasteiger partial charge in [-0.2, -0.15) is 8.42 Å². The number of rotatable bonds is 4. The van der Waals surface area contributed by atoms with Crippen molar-refractivity contribution in [2.75, 3.05) is 0 Å². The first-order valence-corrected chi connectivity index (χ1v) is 7.26. The Kier molecular flexibility index (Phi) is 4.08. The second-order valence-corrected chi connectivity index (χ2v) is 5.84. The molecule has 0 aliphatic carbocycles. The van der Waals surface area contributed by atoms with Gasteiger partial charge in [0.1, 0.15) is 10.6 Å². The molecule has 0 spiro atoms. The Bertz CT molecular complexity index is 673. The Balaban J connectivity index is 2.22. The summed E-state index contributed by atoms with van der Waals surface area (Å²) in [4.78, 5) is 0.0642. The van der Waals surface area contributed by atoms with E-state index in [0.29, 0.717) is 0 Å². The van der Waals surface area contributed by atoms with Gasteiger partial charge in [-0.1, -0.05) is 29.8 Å². The van der Waals surface area contributed by atoms with E-state index in [1.54, 1.807) is 12.1 Å². The predicted octanol–water partition coefficient (Wildman–Crippen LogP) is 1.75. The van der Waals surface area contributed by atoms with E-state index >= 15 is 0 Å². The maximum Gasteiger partial charge on any atom is 0.339 e. The van der Waals surface area contributed by atoms with E-state index in [1.807, 2.05) is 6.92 Å². The fourth-order valence-corrected chi connectivity index (χ4v) is 2.51. The molecule has 2 N–H and O–H groups in total. The van der Waals surface area contributed by atoms with Crippen molar-refractivity contribution >= 4 is 10.1 Å². The van der Waals surface area contributed by atoms with Gasteiger partial charge in [0.2, 0.25) is 0 Å². The van der Waals surface area contributed by atoms with Crippen LogP contribution in [-0.2, 0) is 10.1 Å². The van der Waals surface area contributed by atoms with Gasteiger partial charge >= 0.3 is 10.1 Å². The van der Waals surface area contributed by atoms with Gasteiger partial charge < -0.3 is 14.4 Å². The van der Waals surface area contributed by atoms with Crippen molar-refractivity contribution in [2.24, 2.45) is 0 Å². The van der Waals surface area contributed by atoms with E-state index < -0.39 is 16.4 Å². The molecular weight excluding hydrogens is 280 g/mol. The second kappa shape index (κ2) is 5.62. The molecule has 106 valence electrons. The molecule has 0 bridgehead atoms. The molecule has 0 unspecified atom stereocenters. The van der Waals surface area contributed by atoms with E-state index in [-0.39, 0.29) is 16.2 Å². The fourth-order valence-electron chi connectivity index (χ4n) is 1.58. The van der Waals surface area contributed by atoms with Gasteiger partial charge in [-0.05, 0) is 31.2 Å². The minimum atomic E-state index is -3.89. The molecule has 0 amide bonds. The fraction of sp³-hybridized carbons (Fsp3) is 0.143. The van der Waals surface area contributed by atoms with E-state index in [0.717, 1.165) is 5.56 Å². The molecule has 2 aromatic rings. The number of hydrogen-bond donors (Lipinski definition) is 2. The summed E-state index contributed by atoms with van der Waals surface area (Å²) in [6.45, 7) is 1.86. The maximum absolute atomic E-state index is 12.0. The van der Waals surface area contributed by atoms with E-state index in [1.165, 1.54) is 36.4 Å². The zero-order chi connectivity index (χ0) is 14.8. The Morgan fingerprint density at radius 1 is 0.950 bits per heavy atom. The quantitative estimate of drug-likeness (QED) is 0.663. The van der Waals surface area contributed by atoms with Gasteiger partial charge in [-0.25, -0.2) is 0 Å². The number of benzene rings is 2. The smallest absolute Gasteiger partial charge is 0.339 e. The van der Waals surface area contributed by atoms with Crippen LogP contribution in [0.2, 0.25) is 0 Å². The molecule has 5 nitrogen and oxygen atoms in total. The third kappa shape index (κ3) is 3.36. The van der Waals surface area contributed by atoms with Crippen LogP contribution in [0, 0.1) is 6.92 Å². The van der Waals surface area contributed by atoms with Crippen LogP contribution in [0.15, 0.2) is 53.4 Å². The molecule has 0 fully saturated rings. The summed E-state index contributed by atoms with van der Waals surface area (Å²) in [5.41, 5.74) is 1.20. The summed E-state index contributed by atoms with van der Waals surface area (Å²) in [6, 6.07) is 11.8. The lowest BCUT2D eigenvalue weighted by molar-refractivity contribution is -0.0424. The Hall–Kier alpha value is -1.89. The SMILES string of the molecule is Cc1ccc(S(=O)(=O)Oc2ccc(C(O)O)cc2)cc1. The van der Waals surface area contributed by atoms with Gasteiger partial charge in [-0.15, -0.1) is 0 Å². The van der Waals surface area contributed by atoms with E-state index in [9.17, 15) is 8.42 Å². The van der Waals surface area contributed by atoms with Crippen molar-refractivity contribution in [1.29, 1.82) is 0 Å². The van der Waals surface area contributed by atoms with Crippen LogP contribution in [0.5, 0.6) is 5.75 Å². The first kappa shape index (κ1) is 14.5. The van der Waals surface area contributed by atoms with Crippen molar-refractivity contribution in [1.82, 2.24) is 0 Å². The maximum atomic E-state index is 12.0. The van der Waals surface area contributed by atoms with Crippen LogP contribution in [0.1, 0.15) is 17.4 Å². The predicted molar refractivity (Wildman–Crippen MR) is 72.6 cm³/mol. The molecular formula is C14H14O5S. The van der Waals surface area contributed by atoms with Gasteiger partial charge in [0.05, 0.1) is 0 Å². The van der Waals surface area contributed by atoms with E-state index in [2.05, 4.69) is 0 Å². The van der Waals surface area contributed by atoms with Crippen molar-refractivity contribution in [2.45, 2.75) is 18.1 Å². The lowest BCUT2D eigenvalue weighted by atomic mass is 10.2. The minimum absolute atomic E-state index is 0.0642. The highest BCUT2D eigenvalue weighted by Gasteiger charge is 2.16. The molecule has 2 aromatic carbocycles. The summed E-state index contributed by atoms with van der Waals surface area (Å²) >= 11 is 0. The molecule has 0 aliphatic heterocycles. The second-order valence-electron chi connectivity index (χ2n) is 4.29. The molecule has 0 aromatic heterocycles. The van der Waals surface area contributed by atoms with Crippen LogP contribution in [0.3, 0.4) is 0 Å². The highest BCUT2D eigenvalue weighted by atomic mass is 32.2. The number of aliphatic hydroxyl groups is 2. The largest absolute Gasteiger partial charge is 0.379 e. The van der Waals surface area contributed by atoms with Crippen molar-refractivity contribution < 1.29 is 22.8 Å². The lowest BCUT2D eigenvalue weighted by Crippen LogP contribution is -2.09. The van der Waals surface area contributed by atoms with Gasteiger partial charge in [-0.3, -0.25) is 0 Å². The average molecular weight is 294 g/mol. The molecule has 20 heavy (non-hydrogen) atoms. The summed E-state index contributed by atoms with van der Waals surface area (Å²) in [7, 11) is -3.89. The zero-order valence-corrected chi connectivity index (χ0v) is 11.5. The lowest BCUT2D eigenvalue weighted by Gasteiger charge is -2.08. The summed E-state index contributed by atoms with van der Waals surface area (Å²) < 4.78 is 29.0. The monoisotopic (exact) mass is 294 g/mol. The normalized spacial score (nSPS) is 11.6. The third-order valence-electron chi connectivity index (χ3n) is 2.69. The van der Waals surface area contributed by atoms with Gasteiger partial charge in [0.25, 0.3) is 0 Å². The molecule has 0 atom stereocenters. The summed E-state index contributed by atoms with van der Waals surface area (Å²) in [6.07, 6.45) is -1.60. The molecule has 2 rings (SSSR count). The zero-order valence-electron chi connectivity index (χ0n) is 10.7. The summed E-state index contributed by atoms with van der Waals surface area (Å²) in [5.74, 6) is 0.106. The van der Waals surface area contributed by atoms with Gasteiger partial charge in [0, 0.05) is 5.56 Å². The van der Waals surface area contributed by atoms with Crippen molar-refractivity contribution in [3.05, 3.63) is 59.7 Å².